The second kappa shape index (κ2) is 17.5. The summed E-state index contributed by atoms with van der Waals surface area (Å²) in [6.07, 6.45) is 0. The summed E-state index contributed by atoms with van der Waals surface area (Å²) in [6.45, 7) is 13.5. The van der Waals surface area contributed by atoms with Crippen molar-refractivity contribution in [2.75, 3.05) is 0 Å². The van der Waals surface area contributed by atoms with Crippen molar-refractivity contribution in [3.8, 4) is 11.1 Å². The molecule has 2 aromatic carbocycles. The van der Waals surface area contributed by atoms with Crippen molar-refractivity contribution in [3.05, 3.63) is 79.6 Å². The van der Waals surface area contributed by atoms with Crippen LogP contribution in [-0.4, -0.2) is 0 Å². The van der Waals surface area contributed by atoms with Gasteiger partial charge in [0.25, 0.3) is 0 Å². The first kappa shape index (κ1) is 23.6. The van der Waals surface area contributed by atoms with Crippen molar-refractivity contribution in [1.29, 1.82) is 0 Å². The van der Waals surface area contributed by atoms with Gasteiger partial charge >= 0.3 is 33.9 Å². The molecular formula is C15H9ClCrO3. The molecule has 0 atom stereocenters. The molecule has 0 aliphatic heterocycles. The molecule has 0 amide bonds. The van der Waals surface area contributed by atoms with Crippen LogP contribution >= 0.6 is 11.6 Å². The van der Waals surface area contributed by atoms with E-state index in [9.17, 15) is 0 Å². The maximum atomic E-state index is 7.50. The Morgan fingerprint density at radius 2 is 1.05 bits per heavy atom. The smallest absolute Gasteiger partial charge is 0 e. The molecule has 0 aromatic heterocycles. The molecule has 0 spiro atoms. The van der Waals surface area contributed by atoms with Crippen LogP contribution in [-0.2, 0) is 31.3 Å². The van der Waals surface area contributed by atoms with E-state index in [1.54, 1.807) is 0 Å². The second-order valence-corrected chi connectivity index (χ2v) is 3.25. The summed E-state index contributed by atoms with van der Waals surface area (Å²) in [7, 11) is 0. The number of benzene rings is 2. The first-order valence-corrected chi connectivity index (χ1v) is 5.17. The van der Waals surface area contributed by atoms with E-state index in [0.29, 0.717) is 0 Å². The van der Waals surface area contributed by atoms with Crippen molar-refractivity contribution in [2.24, 2.45) is 0 Å². The van der Waals surface area contributed by atoms with Crippen molar-refractivity contribution < 1.29 is 31.3 Å². The molecule has 0 saturated carbocycles. The van der Waals surface area contributed by atoms with Crippen LogP contribution in [0.5, 0.6) is 0 Å². The minimum absolute atomic E-state index is 0. The molecule has 0 radical (unpaired) electrons. The summed E-state index contributed by atoms with van der Waals surface area (Å²) in [4.78, 5) is 0. The zero-order chi connectivity index (χ0) is 15.1. The van der Waals surface area contributed by atoms with E-state index in [0.717, 1.165) is 16.1 Å². The van der Waals surface area contributed by atoms with Gasteiger partial charge in [-0.05, 0) is 11.6 Å². The monoisotopic (exact) mass is 324 g/mol. The number of hydrogen-bond acceptors (Lipinski definition) is 0. The predicted octanol–water partition coefficient (Wildman–Crippen LogP) is 3.89. The van der Waals surface area contributed by atoms with E-state index in [2.05, 4.69) is 32.1 Å². The standard InChI is InChI=1S/C12H9Cl.3CO.Cr/c13-12-9-5-4-8-11(12)10-6-2-1-3-7-10;3*1-2;/h1-9H;;;;. The molecule has 0 N–H and O–H groups in total. The largest absolute Gasteiger partial charge is 0 e. The number of hydrogen-bond donors (Lipinski definition) is 0. The van der Waals surface area contributed by atoms with E-state index in [-0.39, 0.29) is 17.4 Å². The average molecular weight is 325 g/mol. The summed E-state index contributed by atoms with van der Waals surface area (Å²) in [6, 6.07) is 18.0. The third-order valence-corrected chi connectivity index (χ3v) is 2.29. The maximum Gasteiger partial charge on any atom is 0 e. The fraction of sp³-hybridized carbons (Fsp3) is 0. The van der Waals surface area contributed by atoms with Gasteiger partial charge in [-0.3, -0.25) is 0 Å². The molecule has 0 fully saturated rings. The number of halogens is 1. The molecule has 2 rings (SSSR count). The third kappa shape index (κ3) is 8.56. The van der Waals surface area contributed by atoms with Gasteiger partial charge in [-0.2, -0.15) is 0 Å². The van der Waals surface area contributed by atoms with Gasteiger partial charge in [0.05, 0.1) is 0 Å². The van der Waals surface area contributed by atoms with Crippen LogP contribution in [0, 0.1) is 20.0 Å². The summed E-state index contributed by atoms with van der Waals surface area (Å²) >= 11 is 6.06. The van der Waals surface area contributed by atoms with Gasteiger partial charge in [-0.25, -0.2) is 0 Å². The van der Waals surface area contributed by atoms with E-state index in [1.165, 1.54) is 0 Å². The molecule has 0 aliphatic rings. The molecule has 0 heterocycles. The van der Waals surface area contributed by atoms with Gasteiger partial charge in [0, 0.05) is 27.9 Å². The van der Waals surface area contributed by atoms with Crippen LogP contribution in [0.15, 0.2) is 54.6 Å². The zero-order valence-corrected chi connectivity index (χ0v) is 12.2. The first-order valence-electron chi connectivity index (χ1n) is 4.79. The minimum atomic E-state index is 0. The molecule has 0 saturated heterocycles. The van der Waals surface area contributed by atoms with Crippen LogP contribution in [0.25, 0.3) is 11.1 Å². The fourth-order valence-electron chi connectivity index (χ4n) is 1.31. The first-order chi connectivity index (χ1) is 9.38. The normalized spacial score (nSPS) is 6.75. The van der Waals surface area contributed by atoms with E-state index in [1.807, 2.05) is 42.5 Å². The summed E-state index contributed by atoms with van der Waals surface area (Å²) in [5.74, 6) is 0. The SMILES string of the molecule is Clc1ccccc1-c1ccccc1.[C-]#[O+].[C-]#[O+].[C-]#[O+].[Cr]. The van der Waals surface area contributed by atoms with Crippen LogP contribution in [0.3, 0.4) is 0 Å². The molecule has 3 nitrogen and oxygen atoms in total. The summed E-state index contributed by atoms with van der Waals surface area (Å²) < 4.78 is 22.5. The van der Waals surface area contributed by atoms with Gasteiger partial charge in [0.1, 0.15) is 0 Å². The van der Waals surface area contributed by atoms with Crippen molar-refractivity contribution in [2.45, 2.75) is 0 Å². The Labute approximate surface area is 133 Å². The molecule has 2 aromatic rings. The Kier molecular flexibility index (Phi) is 20.6. The van der Waals surface area contributed by atoms with Crippen LogP contribution in [0.4, 0.5) is 0 Å². The minimum Gasteiger partial charge on any atom is 0 e. The van der Waals surface area contributed by atoms with Gasteiger partial charge < -0.3 is 0 Å². The topological polar surface area (TPSA) is 59.7 Å². The number of rotatable bonds is 1. The van der Waals surface area contributed by atoms with Gasteiger partial charge in [0.15, 0.2) is 0 Å². The molecule has 0 aliphatic carbocycles. The van der Waals surface area contributed by atoms with E-state index >= 15 is 0 Å². The Morgan fingerprint density at radius 3 is 1.50 bits per heavy atom. The molecule has 100 valence electrons. The van der Waals surface area contributed by atoms with Crippen LogP contribution < -0.4 is 0 Å². The van der Waals surface area contributed by atoms with Gasteiger partial charge in [0.2, 0.25) is 0 Å². The molecular weight excluding hydrogens is 316 g/mol. The fourth-order valence-corrected chi connectivity index (χ4v) is 1.56. The predicted molar refractivity (Wildman–Crippen MR) is 68.7 cm³/mol. The third-order valence-electron chi connectivity index (χ3n) is 1.96. The Balaban J connectivity index is -0.000000368. The van der Waals surface area contributed by atoms with Crippen LogP contribution in [0.1, 0.15) is 0 Å². The van der Waals surface area contributed by atoms with Crippen molar-refractivity contribution in [1.82, 2.24) is 0 Å². The Hall–Kier alpha value is -1.52. The Morgan fingerprint density at radius 1 is 0.650 bits per heavy atom. The maximum absolute atomic E-state index is 7.50. The van der Waals surface area contributed by atoms with Gasteiger partial charge in [-0.1, -0.05) is 60.1 Å². The average Bonchev–Trinajstić information content (AvgIpc) is 2.54. The van der Waals surface area contributed by atoms with Crippen LogP contribution in [0.2, 0.25) is 5.02 Å². The van der Waals surface area contributed by atoms with Gasteiger partial charge in [-0.15, -0.1) is 0 Å². The summed E-state index contributed by atoms with van der Waals surface area (Å²) in [5.41, 5.74) is 2.25. The van der Waals surface area contributed by atoms with E-state index < -0.39 is 0 Å². The molecule has 0 unspecified atom stereocenters. The van der Waals surface area contributed by atoms with Crippen molar-refractivity contribution in [3.63, 3.8) is 0 Å². The molecule has 20 heavy (non-hydrogen) atoms. The quantitative estimate of drug-likeness (QED) is 0.564. The van der Waals surface area contributed by atoms with E-state index in [4.69, 9.17) is 25.6 Å². The Bertz CT molecular complexity index is 507. The second-order valence-electron chi connectivity index (χ2n) is 2.85. The molecule has 0 bridgehead atoms. The summed E-state index contributed by atoms with van der Waals surface area (Å²) in [5, 5.41) is 0.800. The molecule has 5 heteroatoms. The van der Waals surface area contributed by atoms with Crippen molar-refractivity contribution >= 4 is 11.6 Å². The zero-order valence-electron chi connectivity index (χ0n) is 10.2.